The van der Waals surface area contributed by atoms with Crippen LogP contribution in [0.15, 0.2) is 87.8 Å². The molecule has 2 heterocycles. The van der Waals surface area contributed by atoms with Crippen molar-refractivity contribution in [3.63, 3.8) is 0 Å². The van der Waals surface area contributed by atoms with Gasteiger partial charge in [-0.2, -0.15) is 0 Å². The Morgan fingerprint density at radius 3 is 2.44 bits per heavy atom. The quantitative estimate of drug-likeness (QED) is 0.278. The predicted octanol–water partition coefficient (Wildman–Crippen LogP) is 4.66. The summed E-state index contributed by atoms with van der Waals surface area (Å²) in [5.74, 6) is 0.999. The molecular formula is C31H27ClN2O6S. The highest BCUT2D eigenvalue weighted by Gasteiger charge is 2.35. The van der Waals surface area contributed by atoms with Gasteiger partial charge >= 0.3 is 5.97 Å². The predicted molar refractivity (Wildman–Crippen MR) is 158 cm³/mol. The Bertz CT molecular complexity index is 1830. The Kier molecular flexibility index (Phi) is 8.28. The third-order valence-corrected chi connectivity index (χ3v) is 7.85. The fourth-order valence-corrected chi connectivity index (χ4v) is 5.91. The first-order valence-corrected chi connectivity index (χ1v) is 13.8. The summed E-state index contributed by atoms with van der Waals surface area (Å²) < 4.78 is 24.1. The van der Waals surface area contributed by atoms with Crippen LogP contribution < -0.4 is 29.1 Å². The van der Waals surface area contributed by atoms with E-state index in [1.54, 1.807) is 44.4 Å². The van der Waals surface area contributed by atoms with E-state index in [9.17, 15) is 9.59 Å². The molecule has 3 aromatic carbocycles. The molecule has 0 amide bonds. The van der Waals surface area contributed by atoms with Crippen LogP contribution in [-0.4, -0.2) is 31.9 Å². The Balaban J connectivity index is 1.60. The normalized spacial score (nSPS) is 14.8. The lowest BCUT2D eigenvalue weighted by atomic mass is 9.95. The molecule has 5 rings (SSSR count). The van der Waals surface area contributed by atoms with E-state index in [4.69, 9.17) is 30.5 Å². The van der Waals surface area contributed by atoms with E-state index in [0.717, 1.165) is 11.1 Å². The number of methoxy groups -OCH3 is 3. The molecule has 1 atom stereocenters. The minimum Gasteiger partial charge on any atom is -0.496 e. The molecule has 1 aromatic heterocycles. The van der Waals surface area contributed by atoms with Crippen molar-refractivity contribution >= 4 is 35.0 Å². The second kappa shape index (κ2) is 12.0. The molecule has 8 nitrogen and oxygen atoms in total. The zero-order chi connectivity index (χ0) is 29.1. The van der Waals surface area contributed by atoms with Crippen molar-refractivity contribution in [2.75, 3.05) is 21.3 Å². The highest BCUT2D eigenvalue weighted by molar-refractivity contribution is 7.07. The fourth-order valence-electron chi connectivity index (χ4n) is 4.69. The molecule has 0 bridgehead atoms. The van der Waals surface area contributed by atoms with Crippen molar-refractivity contribution in [2.45, 2.75) is 19.6 Å². The standard InChI is InChI=1S/C31H27ClN2O6S/c1-18-27(30(36)39-4)28(22-16-21(32)11-13-23(22)37-2)34-29(35)26(41-31(34)33-18)15-20-10-12-24(25(14-20)38-3)40-17-19-8-6-5-7-9-19/h5-16,28H,17H2,1-4H3/b26-15-/t28-/m0/s1. The Morgan fingerprint density at radius 2 is 1.73 bits per heavy atom. The van der Waals surface area contributed by atoms with E-state index in [2.05, 4.69) is 4.99 Å². The van der Waals surface area contributed by atoms with E-state index in [-0.39, 0.29) is 11.1 Å². The summed E-state index contributed by atoms with van der Waals surface area (Å²) in [6, 6.07) is 19.5. The van der Waals surface area contributed by atoms with E-state index >= 15 is 0 Å². The average molecular weight is 591 g/mol. The van der Waals surface area contributed by atoms with Crippen LogP contribution in [0, 0.1) is 0 Å². The van der Waals surface area contributed by atoms with E-state index in [1.807, 2.05) is 42.5 Å². The maximum Gasteiger partial charge on any atom is 0.338 e. The number of thiazole rings is 1. The summed E-state index contributed by atoms with van der Waals surface area (Å²) >= 11 is 7.56. The molecule has 0 radical (unpaired) electrons. The van der Waals surface area contributed by atoms with Crippen molar-refractivity contribution in [3.8, 4) is 17.2 Å². The Hall–Kier alpha value is -4.34. The molecule has 41 heavy (non-hydrogen) atoms. The third kappa shape index (κ3) is 5.64. The van der Waals surface area contributed by atoms with Crippen molar-refractivity contribution in [3.05, 3.63) is 119 Å². The smallest absolute Gasteiger partial charge is 0.338 e. The molecule has 4 aromatic rings. The number of nitrogens with zero attached hydrogens (tertiary/aromatic N) is 2. The lowest BCUT2D eigenvalue weighted by Gasteiger charge is -2.25. The van der Waals surface area contributed by atoms with Crippen molar-refractivity contribution in [1.29, 1.82) is 0 Å². The summed E-state index contributed by atoms with van der Waals surface area (Å²) in [5, 5.41) is 0.434. The Morgan fingerprint density at radius 1 is 1.00 bits per heavy atom. The van der Waals surface area contributed by atoms with Crippen LogP contribution in [-0.2, 0) is 16.1 Å². The zero-order valence-corrected chi connectivity index (χ0v) is 24.4. The van der Waals surface area contributed by atoms with Gasteiger partial charge in [-0.3, -0.25) is 9.36 Å². The molecule has 0 spiro atoms. The van der Waals surface area contributed by atoms with Gasteiger partial charge < -0.3 is 18.9 Å². The monoisotopic (exact) mass is 590 g/mol. The van der Waals surface area contributed by atoms with Gasteiger partial charge in [0, 0.05) is 10.6 Å². The molecule has 10 heteroatoms. The van der Waals surface area contributed by atoms with Crippen molar-refractivity contribution in [1.82, 2.24) is 4.57 Å². The first kappa shape index (κ1) is 28.2. The van der Waals surface area contributed by atoms with Gasteiger partial charge in [0.25, 0.3) is 5.56 Å². The summed E-state index contributed by atoms with van der Waals surface area (Å²) in [7, 11) is 4.38. The summed E-state index contributed by atoms with van der Waals surface area (Å²) in [4.78, 5) is 31.9. The number of carbonyl (C=O) groups excluding carboxylic acids is 1. The van der Waals surface area contributed by atoms with Gasteiger partial charge in [-0.1, -0.05) is 59.3 Å². The second-order valence-electron chi connectivity index (χ2n) is 9.14. The number of benzene rings is 3. The first-order valence-electron chi connectivity index (χ1n) is 12.6. The van der Waals surface area contributed by atoms with Gasteiger partial charge in [0.15, 0.2) is 16.3 Å². The number of allylic oxidation sites excluding steroid dienone is 1. The third-order valence-electron chi connectivity index (χ3n) is 6.64. The van der Waals surface area contributed by atoms with Crippen LogP contribution >= 0.6 is 22.9 Å². The molecule has 1 aliphatic rings. The van der Waals surface area contributed by atoms with Crippen LogP contribution in [0.5, 0.6) is 17.2 Å². The SMILES string of the molecule is COC(=O)C1=C(C)N=c2s/c(=C\c3ccc(OCc4ccccc4)c(OC)c3)c(=O)n2[C@H]1c1cc(Cl)ccc1OC. The molecule has 0 N–H and O–H groups in total. The molecule has 0 aliphatic carbocycles. The van der Waals surface area contributed by atoms with Crippen LogP contribution in [0.4, 0.5) is 0 Å². The molecule has 210 valence electrons. The minimum atomic E-state index is -0.849. The molecular weight excluding hydrogens is 564 g/mol. The molecule has 1 aliphatic heterocycles. The number of halogens is 1. The number of rotatable bonds is 8. The number of esters is 1. The number of hydrogen-bond acceptors (Lipinski definition) is 8. The van der Waals surface area contributed by atoms with Crippen LogP contribution in [0.3, 0.4) is 0 Å². The largest absolute Gasteiger partial charge is 0.496 e. The van der Waals surface area contributed by atoms with Crippen molar-refractivity contribution < 1.29 is 23.7 Å². The van der Waals surface area contributed by atoms with Gasteiger partial charge in [0.05, 0.1) is 37.1 Å². The number of carbonyl (C=O) groups is 1. The molecule has 0 unspecified atom stereocenters. The number of aromatic nitrogens is 1. The molecule has 0 fully saturated rings. The Labute approximate surface area is 245 Å². The first-order chi connectivity index (χ1) is 19.8. The molecule has 0 saturated heterocycles. The van der Waals surface area contributed by atoms with Gasteiger partial charge in [-0.05, 0) is 54.5 Å². The highest BCUT2D eigenvalue weighted by atomic mass is 35.5. The van der Waals surface area contributed by atoms with Gasteiger partial charge in [0.2, 0.25) is 0 Å². The topological polar surface area (TPSA) is 88.4 Å². The zero-order valence-electron chi connectivity index (χ0n) is 22.8. The fraction of sp³-hybridized carbons (Fsp3) is 0.194. The van der Waals surface area contributed by atoms with E-state index in [0.29, 0.717) is 49.5 Å². The summed E-state index contributed by atoms with van der Waals surface area (Å²) in [6.07, 6.45) is 1.76. The van der Waals surface area contributed by atoms with Gasteiger partial charge in [0.1, 0.15) is 18.4 Å². The van der Waals surface area contributed by atoms with Gasteiger partial charge in [-0.25, -0.2) is 9.79 Å². The van der Waals surface area contributed by atoms with Crippen LogP contribution in [0.2, 0.25) is 5.02 Å². The second-order valence-corrected chi connectivity index (χ2v) is 10.6. The maximum atomic E-state index is 13.9. The number of fused-ring (bicyclic) bond motifs is 1. The van der Waals surface area contributed by atoms with Crippen LogP contribution in [0.1, 0.15) is 29.7 Å². The van der Waals surface area contributed by atoms with E-state index < -0.39 is 12.0 Å². The van der Waals surface area contributed by atoms with E-state index in [1.165, 1.54) is 30.1 Å². The summed E-state index contributed by atoms with van der Waals surface area (Å²) in [6.45, 7) is 2.11. The number of ether oxygens (including phenoxy) is 4. The maximum absolute atomic E-state index is 13.9. The number of hydrogen-bond donors (Lipinski definition) is 0. The van der Waals surface area contributed by atoms with Crippen molar-refractivity contribution in [2.24, 2.45) is 4.99 Å². The summed E-state index contributed by atoms with van der Waals surface area (Å²) in [5.41, 5.74) is 2.67. The average Bonchev–Trinajstić information content (AvgIpc) is 3.29. The molecule has 0 saturated carbocycles. The van der Waals surface area contributed by atoms with Gasteiger partial charge in [-0.15, -0.1) is 0 Å². The van der Waals surface area contributed by atoms with Crippen LogP contribution in [0.25, 0.3) is 6.08 Å². The highest BCUT2D eigenvalue weighted by Crippen LogP contribution is 2.37. The lowest BCUT2D eigenvalue weighted by Crippen LogP contribution is -2.40. The lowest BCUT2D eigenvalue weighted by molar-refractivity contribution is -0.136. The minimum absolute atomic E-state index is 0.230.